The number of benzene rings is 1. The average molecular weight is 372 g/mol. The van der Waals surface area contributed by atoms with Gasteiger partial charge >= 0.3 is 0 Å². The first-order chi connectivity index (χ1) is 12.5. The highest BCUT2D eigenvalue weighted by atomic mass is 32.1. The lowest BCUT2D eigenvalue weighted by Crippen LogP contribution is -2.42. The van der Waals surface area contributed by atoms with Crippen molar-refractivity contribution >= 4 is 28.8 Å². The summed E-state index contributed by atoms with van der Waals surface area (Å²) in [4.78, 5) is 26.8. The van der Waals surface area contributed by atoms with Crippen LogP contribution in [-0.4, -0.2) is 28.8 Å². The molecule has 1 aliphatic carbocycles. The molecule has 1 saturated carbocycles. The summed E-state index contributed by atoms with van der Waals surface area (Å²) < 4.78 is 0. The van der Waals surface area contributed by atoms with Crippen LogP contribution in [0.3, 0.4) is 0 Å². The Morgan fingerprint density at radius 1 is 1.15 bits per heavy atom. The van der Waals surface area contributed by atoms with Gasteiger partial charge < -0.3 is 16.0 Å². The topological polar surface area (TPSA) is 75.4 Å². The Labute approximate surface area is 158 Å². The molecule has 1 aromatic carbocycles. The van der Waals surface area contributed by atoms with E-state index in [4.69, 9.17) is 5.73 Å². The van der Waals surface area contributed by atoms with Gasteiger partial charge in [-0.05, 0) is 54.8 Å². The number of thiophene rings is 1. The molecule has 1 heterocycles. The summed E-state index contributed by atoms with van der Waals surface area (Å²) in [5.74, 6) is -0.00259. The first kappa shape index (κ1) is 18.6. The molecule has 2 aromatic rings. The molecule has 6 heteroatoms. The van der Waals surface area contributed by atoms with Crippen molar-refractivity contribution < 1.29 is 9.59 Å². The van der Waals surface area contributed by atoms with Crippen molar-refractivity contribution in [1.29, 1.82) is 0 Å². The predicted octanol–water partition coefficient (Wildman–Crippen LogP) is 3.62. The van der Waals surface area contributed by atoms with Crippen LogP contribution in [0.2, 0.25) is 0 Å². The van der Waals surface area contributed by atoms with E-state index in [9.17, 15) is 9.59 Å². The van der Waals surface area contributed by atoms with Gasteiger partial charge in [0.05, 0.1) is 4.88 Å². The Morgan fingerprint density at radius 3 is 2.42 bits per heavy atom. The second-order valence-corrected chi connectivity index (χ2v) is 7.79. The van der Waals surface area contributed by atoms with Crippen LogP contribution in [0.5, 0.6) is 0 Å². The van der Waals surface area contributed by atoms with E-state index in [1.807, 2.05) is 40.6 Å². The molecule has 26 heavy (non-hydrogen) atoms. The Hall–Kier alpha value is -2.18. The molecule has 1 fully saturated rings. The number of nitrogens with two attached hydrogens (primary N) is 1. The Balaban J connectivity index is 1.61. The highest BCUT2D eigenvalue weighted by Gasteiger charge is 2.26. The third-order valence-corrected chi connectivity index (χ3v) is 5.76. The van der Waals surface area contributed by atoms with Gasteiger partial charge in [0.2, 0.25) is 5.91 Å². The van der Waals surface area contributed by atoms with Crippen molar-refractivity contribution in [3.05, 3.63) is 52.2 Å². The van der Waals surface area contributed by atoms with E-state index < -0.39 is 0 Å². The molecule has 2 amide bonds. The Kier molecular flexibility index (Phi) is 6.06. The molecule has 0 bridgehead atoms. The molecule has 1 aromatic heterocycles. The van der Waals surface area contributed by atoms with Crippen LogP contribution in [0.4, 0.5) is 5.69 Å². The van der Waals surface area contributed by atoms with Gasteiger partial charge in [-0.3, -0.25) is 9.59 Å². The summed E-state index contributed by atoms with van der Waals surface area (Å²) in [6.07, 6.45) is 3.88. The maximum atomic E-state index is 12.1. The predicted molar refractivity (Wildman–Crippen MR) is 105 cm³/mol. The van der Waals surface area contributed by atoms with Gasteiger partial charge in [-0.25, -0.2) is 0 Å². The molecule has 0 saturated heterocycles. The maximum absolute atomic E-state index is 12.1. The number of hydrogen-bond donors (Lipinski definition) is 2. The molecule has 5 nitrogen and oxygen atoms in total. The minimum Gasteiger partial charge on any atom is -0.336 e. The molecular weight excluding hydrogens is 346 g/mol. The summed E-state index contributed by atoms with van der Waals surface area (Å²) in [6, 6.07) is 11.9. The van der Waals surface area contributed by atoms with E-state index in [2.05, 4.69) is 5.32 Å². The van der Waals surface area contributed by atoms with Crippen molar-refractivity contribution in [1.82, 2.24) is 4.90 Å². The first-order valence-corrected chi connectivity index (χ1v) is 9.87. The third kappa shape index (κ3) is 4.71. The molecular formula is C20H25N3O2S. The smallest absolute Gasteiger partial charge is 0.265 e. The fraction of sp³-hybridized carbons (Fsp3) is 0.400. The molecule has 138 valence electrons. The fourth-order valence-corrected chi connectivity index (χ4v) is 4.02. The van der Waals surface area contributed by atoms with Crippen LogP contribution in [0.15, 0.2) is 41.8 Å². The van der Waals surface area contributed by atoms with Gasteiger partial charge in [-0.1, -0.05) is 18.2 Å². The lowest BCUT2D eigenvalue weighted by Gasteiger charge is -2.35. The summed E-state index contributed by atoms with van der Waals surface area (Å²) in [7, 11) is 0. The Bertz CT molecular complexity index is 735. The highest BCUT2D eigenvalue weighted by molar-refractivity contribution is 7.12. The summed E-state index contributed by atoms with van der Waals surface area (Å²) in [5, 5.41) is 4.77. The van der Waals surface area contributed by atoms with Crippen LogP contribution in [-0.2, 0) is 11.3 Å². The van der Waals surface area contributed by atoms with Crippen molar-refractivity contribution in [3.8, 4) is 0 Å². The average Bonchev–Trinajstić information content (AvgIpc) is 3.16. The lowest BCUT2D eigenvalue weighted by molar-refractivity contribution is -0.132. The number of nitrogens with one attached hydrogen (secondary N) is 1. The number of rotatable bonds is 5. The monoisotopic (exact) mass is 371 g/mol. The van der Waals surface area contributed by atoms with Gasteiger partial charge in [-0.2, -0.15) is 0 Å². The van der Waals surface area contributed by atoms with Crippen LogP contribution in [0.25, 0.3) is 0 Å². The summed E-state index contributed by atoms with van der Waals surface area (Å²) in [6.45, 7) is 2.22. The van der Waals surface area contributed by atoms with E-state index in [0.717, 1.165) is 36.9 Å². The second-order valence-electron chi connectivity index (χ2n) is 6.84. The van der Waals surface area contributed by atoms with E-state index in [0.29, 0.717) is 11.4 Å². The van der Waals surface area contributed by atoms with Crippen LogP contribution >= 0.6 is 11.3 Å². The minimum atomic E-state index is -0.100. The third-order valence-electron chi connectivity index (χ3n) is 4.90. The number of carbonyl (C=O) groups excluding carboxylic acids is 2. The van der Waals surface area contributed by atoms with Crippen molar-refractivity contribution in [2.24, 2.45) is 5.73 Å². The van der Waals surface area contributed by atoms with Gasteiger partial charge in [-0.15, -0.1) is 11.3 Å². The highest BCUT2D eigenvalue weighted by Crippen LogP contribution is 2.24. The van der Waals surface area contributed by atoms with Gasteiger partial charge in [0.25, 0.3) is 5.91 Å². The molecule has 0 radical (unpaired) electrons. The van der Waals surface area contributed by atoms with Gasteiger partial charge in [0.15, 0.2) is 0 Å². The first-order valence-electron chi connectivity index (χ1n) is 8.99. The van der Waals surface area contributed by atoms with Crippen molar-refractivity contribution in [2.45, 2.75) is 51.2 Å². The molecule has 3 rings (SSSR count). The minimum absolute atomic E-state index is 0.0977. The molecule has 0 aliphatic heterocycles. The number of carbonyl (C=O) groups is 2. The number of anilines is 1. The van der Waals surface area contributed by atoms with E-state index in [1.54, 1.807) is 13.0 Å². The molecule has 0 unspecified atom stereocenters. The van der Waals surface area contributed by atoms with Crippen LogP contribution < -0.4 is 11.1 Å². The van der Waals surface area contributed by atoms with E-state index in [-0.39, 0.29) is 23.9 Å². The van der Waals surface area contributed by atoms with Crippen LogP contribution in [0, 0.1) is 0 Å². The maximum Gasteiger partial charge on any atom is 0.265 e. The second kappa shape index (κ2) is 8.47. The Morgan fingerprint density at radius 2 is 1.85 bits per heavy atom. The molecule has 0 atom stereocenters. The zero-order chi connectivity index (χ0) is 18.5. The quantitative estimate of drug-likeness (QED) is 0.843. The standard InChI is InChI=1S/C20H25N3O2S/c1-14(24)23(18-10-6-16(21)7-11-18)13-15-4-8-17(9-5-15)22-20(25)19-3-2-12-26-19/h2-5,8-9,12,16,18H,6-7,10-11,13,21H2,1H3,(H,22,25). The molecule has 3 N–H and O–H groups in total. The molecule has 0 spiro atoms. The normalized spacial score (nSPS) is 19.8. The van der Waals surface area contributed by atoms with Crippen molar-refractivity contribution in [2.75, 3.05) is 5.32 Å². The van der Waals surface area contributed by atoms with E-state index in [1.165, 1.54) is 11.3 Å². The summed E-state index contributed by atoms with van der Waals surface area (Å²) >= 11 is 1.42. The van der Waals surface area contributed by atoms with Gasteiger partial charge in [0.1, 0.15) is 0 Å². The number of amides is 2. The van der Waals surface area contributed by atoms with Crippen molar-refractivity contribution in [3.63, 3.8) is 0 Å². The SMILES string of the molecule is CC(=O)N(Cc1ccc(NC(=O)c2cccs2)cc1)C1CCC(N)CC1. The van der Waals surface area contributed by atoms with E-state index >= 15 is 0 Å². The zero-order valence-corrected chi connectivity index (χ0v) is 15.8. The number of nitrogens with zero attached hydrogens (tertiary/aromatic N) is 1. The largest absolute Gasteiger partial charge is 0.336 e. The zero-order valence-electron chi connectivity index (χ0n) is 15.0. The number of hydrogen-bond acceptors (Lipinski definition) is 4. The molecule has 1 aliphatic rings. The lowest BCUT2D eigenvalue weighted by atomic mass is 9.90. The summed E-state index contributed by atoms with van der Waals surface area (Å²) in [5.41, 5.74) is 7.79. The fourth-order valence-electron chi connectivity index (χ4n) is 3.40. The van der Waals surface area contributed by atoms with Crippen LogP contribution in [0.1, 0.15) is 47.8 Å². The van der Waals surface area contributed by atoms with Gasteiger partial charge in [0, 0.05) is 31.2 Å².